The van der Waals surface area contributed by atoms with Crippen molar-refractivity contribution in [3.63, 3.8) is 0 Å². The first-order chi connectivity index (χ1) is 14.3. The Kier molecular flexibility index (Phi) is 5.50. The lowest BCUT2D eigenvalue weighted by atomic mass is 10.0. The fourth-order valence-corrected chi connectivity index (χ4v) is 2.84. The van der Waals surface area contributed by atoms with Gasteiger partial charge in [-0.05, 0) is 33.7 Å². The number of fused-ring (bicyclic) bond motifs is 2. The van der Waals surface area contributed by atoms with Crippen molar-refractivity contribution in [3.05, 3.63) is 103 Å². The quantitative estimate of drug-likeness (QED) is 0.276. The van der Waals surface area contributed by atoms with Gasteiger partial charge in [-0.1, -0.05) is 48.5 Å². The van der Waals surface area contributed by atoms with E-state index < -0.39 is 37.6 Å². The third-order valence-electron chi connectivity index (χ3n) is 4.25. The molecule has 0 aliphatic carbocycles. The van der Waals surface area contributed by atoms with Crippen LogP contribution in [0.1, 0.15) is 0 Å². The minimum absolute atomic E-state index is 0.384. The van der Waals surface area contributed by atoms with E-state index in [4.69, 9.17) is 0 Å². The number of nitro groups is 3. The number of nitrogens with zero attached hydrogens (tertiary/aromatic N) is 3. The Balaban J connectivity index is 0.000000171. The van der Waals surface area contributed by atoms with E-state index in [-0.39, 0.29) is 0 Å². The van der Waals surface area contributed by atoms with Crippen molar-refractivity contribution in [2.75, 3.05) is 0 Å². The zero-order chi connectivity index (χ0) is 21.8. The molecule has 0 fully saturated rings. The van der Waals surface area contributed by atoms with Gasteiger partial charge in [-0.2, -0.15) is 0 Å². The minimum atomic E-state index is -1.46. The van der Waals surface area contributed by atoms with E-state index >= 15 is 0 Å². The summed E-state index contributed by atoms with van der Waals surface area (Å²) in [5.74, 6) is -1.46. The maximum absolute atomic E-state index is 11.1. The molecule has 150 valence electrons. The number of hydrogen-bond acceptors (Lipinski definition) is 7. The highest BCUT2D eigenvalue weighted by molar-refractivity contribution is 5.98. The lowest BCUT2D eigenvalue weighted by molar-refractivity contribution is -0.420. The number of non-ortho nitro benzene ring substituents is 1. The molecule has 0 saturated heterocycles. The Morgan fingerprint density at radius 1 is 0.533 bits per heavy atom. The van der Waals surface area contributed by atoms with E-state index in [1.165, 1.54) is 21.5 Å². The molecule has 4 rings (SSSR count). The van der Waals surface area contributed by atoms with Gasteiger partial charge in [-0.15, -0.1) is 0 Å². The van der Waals surface area contributed by atoms with Crippen LogP contribution in [0.5, 0.6) is 5.75 Å². The van der Waals surface area contributed by atoms with Crippen molar-refractivity contribution in [3.8, 4) is 5.75 Å². The molecular formula is C20H12N3O7-. The summed E-state index contributed by atoms with van der Waals surface area (Å²) in [6.45, 7) is 0. The van der Waals surface area contributed by atoms with Crippen molar-refractivity contribution in [2.45, 2.75) is 0 Å². The molecule has 0 radical (unpaired) electrons. The van der Waals surface area contributed by atoms with E-state index in [9.17, 15) is 35.4 Å². The van der Waals surface area contributed by atoms with Crippen LogP contribution in [0.4, 0.5) is 17.1 Å². The Bertz CT molecular complexity index is 1160. The van der Waals surface area contributed by atoms with Crippen LogP contribution < -0.4 is 5.11 Å². The van der Waals surface area contributed by atoms with Gasteiger partial charge in [-0.3, -0.25) is 30.3 Å². The van der Waals surface area contributed by atoms with Crippen molar-refractivity contribution < 1.29 is 19.9 Å². The van der Waals surface area contributed by atoms with Gasteiger partial charge in [0.1, 0.15) is 0 Å². The zero-order valence-corrected chi connectivity index (χ0v) is 15.1. The molecule has 0 atom stereocenters. The zero-order valence-electron chi connectivity index (χ0n) is 15.1. The molecule has 0 unspecified atom stereocenters. The molecular weight excluding hydrogens is 394 g/mol. The summed E-state index contributed by atoms with van der Waals surface area (Å²) in [5.41, 5.74) is -3.26. The van der Waals surface area contributed by atoms with Gasteiger partial charge in [0, 0.05) is 0 Å². The fraction of sp³-hybridized carbons (Fsp3) is 0. The van der Waals surface area contributed by atoms with Gasteiger partial charge >= 0.3 is 0 Å². The highest BCUT2D eigenvalue weighted by Crippen LogP contribution is 2.36. The molecule has 0 saturated carbocycles. The monoisotopic (exact) mass is 406 g/mol. The van der Waals surface area contributed by atoms with Crippen LogP contribution >= 0.6 is 0 Å². The van der Waals surface area contributed by atoms with Crippen LogP contribution in [0.25, 0.3) is 21.5 Å². The summed E-state index contributed by atoms with van der Waals surface area (Å²) in [6.07, 6.45) is 0. The van der Waals surface area contributed by atoms with E-state index in [0.717, 1.165) is 0 Å². The van der Waals surface area contributed by atoms with Crippen LogP contribution in [0.2, 0.25) is 0 Å². The molecule has 0 amide bonds. The van der Waals surface area contributed by atoms with Gasteiger partial charge < -0.3 is 5.11 Å². The van der Waals surface area contributed by atoms with E-state index in [2.05, 4.69) is 60.7 Å². The number of rotatable bonds is 3. The number of benzene rings is 4. The molecule has 10 heteroatoms. The maximum atomic E-state index is 11.1. The Labute approximate surface area is 168 Å². The van der Waals surface area contributed by atoms with E-state index in [1.54, 1.807) is 0 Å². The van der Waals surface area contributed by atoms with Crippen LogP contribution in [0, 0.1) is 30.3 Å². The second kappa shape index (κ2) is 8.19. The van der Waals surface area contributed by atoms with Crippen LogP contribution in [0.3, 0.4) is 0 Å². The SMILES string of the molecule is O=[N+]([O-])c1cc([N+](=O)[O-])c([O-])c([N+](=O)[O-])c1.c1ccc2cc3ccccc3cc2c1. The summed E-state index contributed by atoms with van der Waals surface area (Å²) in [6, 6.07) is 22.2. The predicted octanol–water partition coefficient (Wildman–Crippen LogP) is 4.48. The van der Waals surface area contributed by atoms with Crippen LogP contribution in [-0.2, 0) is 0 Å². The molecule has 30 heavy (non-hydrogen) atoms. The highest BCUT2D eigenvalue weighted by atomic mass is 16.6. The Morgan fingerprint density at radius 2 is 0.867 bits per heavy atom. The first-order valence-electron chi connectivity index (χ1n) is 8.43. The maximum Gasteiger partial charge on any atom is 0.283 e. The fourth-order valence-electron chi connectivity index (χ4n) is 2.84. The lowest BCUT2D eigenvalue weighted by Crippen LogP contribution is -2.04. The molecule has 10 nitrogen and oxygen atoms in total. The van der Waals surface area contributed by atoms with Gasteiger partial charge in [-0.25, -0.2) is 0 Å². The highest BCUT2D eigenvalue weighted by Gasteiger charge is 2.24. The van der Waals surface area contributed by atoms with Gasteiger partial charge in [0.15, 0.2) is 0 Å². The summed E-state index contributed by atoms with van der Waals surface area (Å²) < 4.78 is 0. The van der Waals surface area contributed by atoms with Gasteiger partial charge in [0.2, 0.25) is 0 Å². The second-order valence-corrected chi connectivity index (χ2v) is 6.13. The molecule has 4 aromatic rings. The second-order valence-electron chi connectivity index (χ2n) is 6.13. The van der Waals surface area contributed by atoms with E-state index in [0.29, 0.717) is 12.1 Å². The van der Waals surface area contributed by atoms with Gasteiger partial charge in [0.05, 0.1) is 32.7 Å². The minimum Gasteiger partial charge on any atom is -0.863 e. The molecule has 0 aromatic heterocycles. The molecule has 0 bridgehead atoms. The lowest BCUT2D eigenvalue weighted by Gasteiger charge is -2.06. The van der Waals surface area contributed by atoms with E-state index in [1.807, 2.05) is 0 Å². The van der Waals surface area contributed by atoms with Crippen molar-refractivity contribution in [1.29, 1.82) is 0 Å². The Hall–Kier alpha value is -4.60. The van der Waals surface area contributed by atoms with Crippen molar-refractivity contribution in [2.24, 2.45) is 0 Å². The molecule has 0 aliphatic rings. The predicted molar refractivity (Wildman–Crippen MR) is 107 cm³/mol. The van der Waals surface area contributed by atoms with Crippen molar-refractivity contribution >= 4 is 38.6 Å². The van der Waals surface area contributed by atoms with Crippen LogP contribution in [-0.4, -0.2) is 14.8 Å². The summed E-state index contributed by atoms with van der Waals surface area (Å²) in [5, 5.41) is 47.3. The van der Waals surface area contributed by atoms with Gasteiger partial charge in [0.25, 0.3) is 17.1 Å². The standard InChI is InChI=1S/C14H10.C6H3N3O7/c1-2-6-12-10-14-8-4-3-7-13(14)9-11(12)5-1;10-6-4(8(13)14)1-3(7(11)12)2-5(6)9(15)16/h1-10H;1-2,10H/p-1. The third kappa shape index (κ3) is 4.12. The average Bonchev–Trinajstić information content (AvgIpc) is 2.72. The molecule has 0 aliphatic heterocycles. The van der Waals surface area contributed by atoms with Crippen molar-refractivity contribution in [1.82, 2.24) is 0 Å². The topological polar surface area (TPSA) is 152 Å². The summed E-state index contributed by atoms with van der Waals surface area (Å²) >= 11 is 0. The average molecular weight is 406 g/mol. The molecule has 0 N–H and O–H groups in total. The molecule has 0 spiro atoms. The largest absolute Gasteiger partial charge is 0.863 e. The molecule has 0 heterocycles. The first kappa shape index (κ1) is 20.1. The summed E-state index contributed by atoms with van der Waals surface area (Å²) in [4.78, 5) is 27.5. The Morgan fingerprint density at radius 3 is 1.13 bits per heavy atom. The normalized spacial score (nSPS) is 10.3. The molecule has 4 aromatic carbocycles. The smallest absolute Gasteiger partial charge is 0.283 e. The number of nitro benzene ring substituents is 3. The third-order valence-corrected chi connectivity index (χ3v) is 4.25. The van der Waals surface area contributed by atoms with Crippen LogP contribution in [0.15, 0.2) is 72.8 Å². The summed E-state index contributed by atoms with van der Waals surface area (Å²) in [7, 11) is 0. The first-order valence-corrected chi connectivity index (χ1v) is 8.43. The number of hydrogen-bond donors (Lipinski definition) is 0.